The maximum Gasteiger partial charge on any atom is 0.244 e. The number of nitrogens with zero attached hydrogens (tertiary/aromatic N) is 2. The van der Waals surface area contributed by atoms with Gasteiger partial charge >= 0.3 is 0 Å². The number of rotatable bonds is 12. The van der Waals surface area contributed by atoms with Gasteiger partial charge in [0.05, 0.1) is 19.1 Å². The van der Waals surface area contributed by atoms with Gasteiger partial charge in [0.1, 0.15) is 18.3 Å². The molecule has 0 aliphatic rings. The zero-order valence-corrected chi connectivity index (χ0v) is 20.5. The van der Waals surface area contributed by atoms with E-state index in [4.69, 9.17) is 4.74 Å². The highest BCUT2D eigenvalue weighted by molar-refractivity contribution is 7.92. The van der Waals surface area contributed by atoms with Crippen molar-refractivity contribution in [3.8, 4) is 5.75 Å². The number of carbonyl (C=O) groups excluding carboxylic acids is 2. The minimum Gasteiger partial charge on any atom is -0.497 e. The van der Waals surface area contributed by atoms with Crippen molar-refractivity contribution in [2.45, 2.75) is 32.7 Å². The molecule has 1 unspecified atom stereocenters. The lowest BCUT2D eigenvalue weighted by Gasteiger charge is -2.32. The summed E-state index contributed by atoms with van der Waals surface area (Å²) in [6.07, 6.45) is 2.01. The molecule has 0 aliphatic carbocycles. The van der Waals surface area contributed by atoms with Gasteiger partial charge in [-0.2, -0.15) is 0 Å². The zero-order chi connectivity index (χ0) is 24.4. The van der Waals surface area contributed by atoms with Crippen molar-refractivity contribution in [1.29, 1.82) is 0 Å². The standard InChI is InChI=1S/C24H33N3O5S/c1-5-22(24(29)25-6-2)26(17-16-19-10-8-7-9-11-19)23(28)18-27(33(4,30)31)20-12-14-21(32-3)15-13-20/h7-15,22H,5-6,16-18H2,1-4H3,(H,25,29). The molecule has 0 saturated carbocycles. The molecule has 0 spiro atoms. The number of methoxy groups -OCH3 is 1. The molecule has 2 aromatic carbocycles. The molecule has 33 heavy (non-hydrogen) atoms. The van der Waals surface area contributed by atoms with Gasteiger partial charge in [0.15, 0.2) is 0 Å². The first-order valence-corrected chi connectivity index (χ1v) is 12.8. The first-order chi connectivity index (χ1) is 15.7. The van der Waals surface area contributed by atoms with Gasteiger partial charge in [-0.15, -0.1) is 0 Å². The highest BCUT2D eigenvalue weighted by Gasteiger charge is 2.31. The summed E-state index contributed by atoms with van der Waals surface area (Å²) in [6, 6.07) is 15.4. The van der Waals surface area contributed by atoms with Crippen LogP contribution in [-0.2, 0) is 26.0 Å². The lowest BCUT2D eigenvalue weighted by Crippen LogP contribution is -2.53. The Hall–Kier alpha value is -3.07. The average Bonchev–Trinajstić information content (AvgIpc) is 2.80. The topological polar surface area (TPSA) is 96.0 Å². The minimum absolute atomic E-state index is 0.253. The molecule has 0 aromatic heterocycles. The second-order valence-electron chi connectivity index (χ2n) is 7.61. The molecule has 0 aliphatic heterocycles. The molecule has 180 valence electrons. The fourth-order valence-electron chi connectivity index (χ4n) is 3.55. The monoisotopic (exact) mass is 475 g/mol. The van der Waals surface area contributed by atoms with Gasteiger partial charge in [0.25, 0.3) is 0 Å². The molecule has 1 atom stereocenters. The Kier molecular flexibility index (Phi) is 9.72. The highest BCUT2D eigenvalue weighted by atomic mass is 32.2. The smallest absolute Gasteiger partial charge is 0.244 e. The van der Waals surface area contributed by atoms with E-state index in [1.54, 1.807) is 24.3 Å². The largest absolute Gasteiger partial charge is 0.497 e. The molecule has 0 bridgehead atoms. The van der Waals surface area contributed by atoms with E-state index in [0.717, 1.165) is 16.1 Å². The van der Waals surface area contributed by atoms with Crippen molar-refractivity contribution in [1.82, 2.24) is 10.2 Å². The predicted molar refractivity (Wildman–Crippen MR) is 130 cm³/mol. The van der Waals surface area contributed by atoms with Crippen LogP contribution in [0.25, 0.3) is 0 Å². The molecule has 0 saturated heterocycles. The molecule has 0 radical (unpaired) electrons. The van der Waals surface area contributed by atoms with E-state index in [-0.39, 0.29) is 5.91 Å². The maximum atomic E-state index is 13.4. The average molecular weight is 476 g/mol. The summed E-state index contributed by atoms with van der Waals surface area (Å²) in [6.45, 7) is 3.97. The summed E-state index contributed by atoms with van der Waals surface area (Å²) >= 11 is 0. The number of anilines is 1. The van der Waals surface area contributed by atoms with E-state index >= 15 is 0 Å². The van der Waals surface area contributed by atoms with Crippen molar-refractivity contribution in [3.05, 3.63) is 60.2 Å². The van der Waals surface area contributed by atoms with Crippen molar-refractivity contribution in [3.63, 3.8) is 0 Å². The molecule has 1 N–H and O–H groups in total. The summed E-state index contributed by atoms with van der Waals surface area (Å²) in [5.41, 5.74) is 1.37. The minimum atomic E-state index is -3.75. The van der Waals surface area contributed by atoms with Crippen LogP contribution in [-0.4, -0.2) is 64.2 Å². The molecule has 2 rings (SSSR count). The molecule has 2 aromatic rings. The van der Waals surface area contributed by atoms with E-state index in [9.17, 15) is 18.0 Å². The quantitative estimate of drug-likeness (QED) is 0.509. The number of hydrogen-bond acceptors (Lipinski definition) is 5. The first-order valence-electron chi connectivity index (χ1n) is 10.9. The predicted octanol–water partition coefficient (Wildman–Crippen LogP) is 2.45. The van der Waals surface area contributed by atoms with Crippen LogP contribution in [0.1, 0.15) is 25.8 Å². The SMILES string of the molecule is CCNC(=O)C(CC)N(CCc1ccccc1)C(=O)CN(c1ccc(OC)cc1)S(C)(=O)=O. The number of nitrogens with one attached hydrogen (secondary N) is 1. The molecular formula is C24H33N3O5S. The highest BCUT2D eigenvalue weighted by Crippen LogP contribution is 2.22. The zero-order valence-electron chi connectivity index (χ0n) is 19.7. The maximum absolute atomic E-state index is 13.4. The molecule has 9 heteroatoms. The second kappa shape index (κ2) is 12.2. The number of amides is 2. The normalized spacial score (nSPS) is 12.0. The second-order valence-corrected chi connectivity index (χ2v) is 9.52. The van der Waals surface area contributed by atoms with Gasteiger partial charge in [-0.3, -0.25) is 13.9 Å². The third-order valence-corrected chi connectivity index (χ3v) is 6.40. The van der Waals surface area contributed by atoms with Crippen LogP contribution in [0.2, 0.25) is 0 Å². The summed E-state index contributed by atoms with van der Waals surface area (Å²) in [5.74, 6) is -0.118. The summed E-state index contributed by atoms with van der Waals surface area (Å²) < 4.78 is 31.3. The Morgan fingerprint density at radius 1 is 1.03 bits per heavy atom. The summed E-state index contributed by atoms with van der Waals surface area (Å²) in [5, 5.41) is 2.78. The van der Waals surface area contributed by atoms with Gasteiger partial charge in [0.2, 0.25) is 21.8 Å². The van der Waals surface area contributed by atoms with Crippen molar-refractivity contribution < 1.29 is 22.7 Å². The van der Waals surface area contributed by atoms with Crippen LogP contribution >= 0.6 is 0 Å². The van der Waals surface area contributed by atoms with Gasteiger partial charge < -0.3 is 15.0 Å². The number of sulfonamides is 1. The molecule has 2 amide bonds. The third-order valence-electron chi connectivity index (χ3n) is 5.26. The Balaban J connectivity index is 2.33. The van der Waals surface area contributed by atoms with E-state index in [2.05, 4.69) is 5.32 Å². The van der Waals surface area contributed by atoms with Crippen molar-refractivity contribution in [2.75, 3.05) is 37.3 Å². The van der Waals surface area contributed by atoms with Crippen LogP contribution in [0.4, 0.5) is 5.69 Å². The number of likely N-dealkylation sites (N-methyl/N-ethyl adjacent to an activating group) is 1. The van der Waals surface area contributed by atoms with Crippen LogP contribution in [0.15, 0.2) is 54.6 Å². The molecule has 0 fully saturated rings. The summed E-state index contributed by atoms with van der Waals surface area (Å²) in [4.78, 5) is 27.6. The third kappa shape index (κ3) is 7.49. The first kappa shape index (κ1) is 26.2. The fourth-order valence-corrected chi connectivity index (χ4v) is 4.40. The van der Waals surface area contributed by atoms with Crippen LogP contribution < -0.4 is 14.4 Å². The number of ether oxygens (including phenoxy) is 1. The lowest BCUT2D eigenvalue weighted by molar-refractivity contribution is -0.139. The van der Waals surface area contributed by atoms with Gasteiger partial charge in [-0.25, -0.2) is 8.42 Å². The van der Waals surface area contributed by atoms with Gasteiger partial charge in [0, 0.05) is 13.1 Å². The van der Waals surface area contributed by atoms with Crippen molar-refractivity contribution in [2.24, 2.45) is 0 Å². The number of carbonyl (C=O) groups is 2. The van der Waals surface area contributed by atoms with Crippen LogP contribution in [0, 0.1) is 0 Å². The Morgan fingerprint density at radius 2 is 1.67 bits per heavy atom. The molecule has 8 nitrogen and oxygen atoms in total. The molecular weight excluding hydrogens is 442 g/mol. The Labute approximate surface area is 196 Å². The van der Waals surface area contributed by atoms with Gasteiger partial charge in [-0.05, 0) is 49.6 Å². The Bertz CT molecular complexity index is 1010. The summed E-state index contributed by atoms with van der Waals surface area (Å²) in [7, 11) is -2.23. The van der Waals surface area contributed by atoms with E-state index in [1.807, 2.05) is 44.2 Å². The molecule has 0 heterocycles. The van der Waals surface area contributed by atoms with Crippen LogP contribution in [0.3, 0.4) is 0 Å². The van der Waals surface area contributed by atoms with E-state index < -0.39 is 28.5 Å². The number of benzene rings is 2. The lowest BCUT2D eigenvalue weighted by atomic mass is 10.1. The van der Waals surface area contributed by atoms with Crippen LogP contribution in [0.5, 0.6) is 5.75 Å². The van der Waals surface area contributed by atoms with Gasteiger partial charge in [-0.1, -0.05) is 37.3 Å². The Morgan fingerprint density at radius 3 is 2.18 bits per heavy atom. The number of hydrogen-bond donors (Lipinski definition) is 1. The van der Waals surface area contributed by atoms with Crippen molar-refractivity contribution >= 4 is 27.5 Å². The van der Waals surface area contributed by atoms with E-state index in [1.165, 1.54) is 12.0 Å². The fraction of sp³-hybridized carbons (Fsp3) is 0.417. The van der Waals surface area contributed by atoms with E-state index in [0.29, 0.717) is 37.4 Å².